The van der Waals surface area contributed by atoms with Crippen LogP contribution in [0, 0.1) is 0 Å². The number of amides is 1. The molecule has 1 aromatic rings. The number of hydrogen-bond acceptors (Lipinski definition) is 2. The number of nitrogens with zero attached hydrogens (tertiary/aromatic N) is 1. The maximum absolute atomic E-state index is 12.1. The molecule has 3 nitrogen and oxygen atoms in total. The Kier molecular flexibility index (Phi) is 3.57. The molecular formula is C13H18N2O. The van der Waals surface area contributed by atoms with Gasteiger partial charge in [0, 0.05) is 12.6 Å². The van der Waals surface area contributed by atoms with Crippen LogP contribution >= 0.6 is 0 Å². The molecule has 1 amide bonds. The number of carbonyl (C=O) groups is 1. The van der Waals surface area contributed by atoms with Crippen LogP contribution in [0.3, 0.4) is 0 Å². The van der Waals surface area contributed by atoms with Crippen LogP contribution in [0.25, 0.3) is 0 Å². The van der Waals surface area contributed by atoms with E-state index in [-0.39, 0.29) is 12.1 Å². The molecule has 2 rings (SSSR count). The second-order valence-electron chi connectivity index (χ2n) is 4.25. The molecule has 1 unspecified atom stereocenters. The number of rotatable bonds is 2. The Bertz CT molecular complexity index is 344. The molecule has 0 bridgehead atoms. The summed E-state index contributed by atoms with van der Waals surface area (Å²) >= 11 is 0. The second-order valence-corrected chi connectivity index (χ2v) is 4.25. The Labute approximate surface area is 96.5 Å². The van der Waals surface area contributed by atoms with Gasteiger partial charge in [-0.25, -0.2) is 0 Å². The molecule has 1 fully saturated rings. The summed E-state index contributed by atoms with van der Waals surface area (Å²) in [5.74, 6) is 0.0972. The van der Waals surface area contributed by atoms with Crippen molar-refractivity contribution in [3.63, 3.8) is 0 Å². The van der Waals surface area contributed by atoms with E-state index in [1.807, 2.05) is 42.3 Å². The number of piperidine rings is 1. The Hall–Kier alpha value is -1.35. The molecule has 1 aromatic carbocycles. The zero-order chi connectivity index (χ0) is 11.4. The number of benzene rings is 1. The minimum atomic E-state index is 0.0972. The molecule has 1 atom stereocenters. The highest BCUT2D eigenvalue weighted by atomic mass is 16.2. The summed E-state index contributed by atoms with van der Waals surface area (Å²) in [6.45, 7) is 1.01. The molecule has 16 heavy (non-hydrogen) atoms. The lowest BCUT2D eigenvalue weighted by Crippen LogP contribution is -2.48. The average Bonchev–Trinajstić information content (AvgIpc) is 2.39. The summed E-state index contributed by atoms with van der Waals surface area (Å²) in [5, 5.41) is 3.37. The summed E-state index contributed by atoms with van der Waals surface area (Å²) in [6, 6.07) is 9.45. The number of nitrogens with one attached hydrogen (secondary N) is 1. The van der Waals surface area contributed by atoms with Crippen molar-refractivity contribution in [3.8, 4) is 0 Å². The third-order valence-electron chi connectivity index (χ3n) is 3.09. The third kappa shape index (κ3) is 2.42. The lowest BCUT2D eigenvalue weighted by atomic mass is 10.1. The first-order valence-corrected chi connectivity index (χ1v) is 5.84. The van der Waals surface area contributed by atoms with Crippen LogP contribution in [-0.4, -0.2) is 30.6 Å². The first kappa shape index (κ1) is 11.1. The minimum Gasteiger partial charge on any atom is -0.326 e. The highest BCUT2D eigenvalue weighted by Gasteiger charge is 2.21. The van der Waals surface area contributed by atoms with E-state index in [4.69, 9.17) is 0 Å². The van der Waals surface area contributed by atoms with E-state index in [9.17, 15) is 4.79 Å². The SMILES string of the molecule is CN(C(=O)c1ccccc1)C1CCCCN1. The van der Waals surface area contributed by atoms with E-state index in [0.717, 1.165) is 18.5 Å². The molecule has 0 radical (unpaired) electrons. The van der Waals surface area contributed by atoms with Gasteiger partial charge in [-0.15, -0.1) is 0 Å². The molecule has 1 aliphatic heterocycles. The molecular weight excluding hydrogens is 200 g/mol. The summed E-state index contributed by atoms with van der Waals surface area (Å²) in [5.41, 5.74) is 0.761. The van der Waals surface area contributed by atoms with Crippen molar-refractivity contribution in [3.05, 3.63) is 35.9 Å². The minimum absolute atomic E-state index is 0.0972. The number of hydrogen-bond donors (Lipinski definition) is 1. The molecule has 0 aromatic heterocycles. The fourth-order valence-corrected chi connectivity index (χ4v) is 2.09. The first-order valence-electron chi connectivity index (χ1n) is 5.84. The quantitative estimate of drug-likeness (QED) is 0.821. The van der Waals surface area contributed by atoms with Crippen LogP contribution in [0.4, 0.5) is 0 Å². The van der Waals surface area contributed by atoms with E-state index >= 15 is 0 Å². The largest absolute Gasteiger partial charge is 0.326 e. The lowest BCUT2D eigenvalue weighted by molar-refractivity contribution is 0.0670. The molecule has 0 saturated carbocycles. The van der Waals surface area contributed by atoms with Crippen LogP contribution in [0.2, 0.25) is 0 Å². The zero-order valence-electron chi connectivity index (χ0n) is 9.65. The molecule has 1 aliphatic rings. The highest BCUT2D eigenvalue weighted by Crippen LogP contribution is 2.12. The van der Waals surface area contributed by atoms with Crippen LogP contribution < -0.4 is 5.32 Å². The first-order chi connectivity index (χ1) is 7.79. The summed E-state index contributed by atoms with van der Waals surface area (Å²) in [4.78, 5) is 13.9. The fraction of sp³-hybridized carbons (Fsp3) is 0.462. The van der Waals surface area contributed by atoms with Gasteiger partial charge in [0.1, 0.15) is 0 Å². The van der Waals surface area contributed by atoms with Crippen LogP contribution in [0.15, 0.2) is 30.3 Å². The Morgan fingerprint density at radius 2 is 2.06 bits per heavy atom. The Morgan fingerprint density at radius 3 is 2.69 bits per heavy atom. The van der Waals surface area contributed by atoms with Crippen LogP contribution in [0.5, 0.6) is 0 Å². The third-order valence-corrected chi connectivity index (χ3v) is 3.09. The van der Waals surface area contributed by atoms with Crippen molar-refractivity contribution in [1.29, 1.82) is 0 Å². The van der Waals surface area contributed by atoms with Crippen molar-refractivity contribution < 1.29 is 4.79 Å². The summed E-state index contributed by atoms with van der Waals surface area (Å²) in [6.07, 6.45) is 3.66. The molecule has 0 aliphatic carbocycles. The average molecular weight is 218 g/mol. The summed E-state index contributed by atoms with van der Waals surface area (Å²) < 4.78 is 0. The zero-order valence-corrected chi connectivity index (χ0v) is 9.65. The fourth-order valence-electron chi connectivity index (χ4n) is 2.09. The lowest BCUT2D eigenvalue weighted by Gasteiger charge is -2.32. The van der Waals surface area contributed by atoms with E-state index in [1.165, 1.54) is 12.8 Å². The van der Waals surface area contributed by atoms with Gasteiger partial charge in [0.25, 0.3) is 5.91 Å². The van der Waals surface area contributed by atoms with E-state index in [0.29, 0.717) is 0 Å². The van der Waals surface area contributed by atoms with Gasteiger partial charge in [-0.1, -0.05) is 18.2 Å². The van der Waals surface area contributed by atoms with Gasteiger partial charge in [-0.2, -0.15) is 0 Å². The van der Waals surface area contributed by atoms with Crippen molar-refractivity contribution >= 4 is 5.91 Å². The van der Waals surface area contributed by atoms with Crippen molar-refractivity contribution in [2.24, 2.45) is 0 Å². The van der Waals surface area contributed by atoms with Crippen LogP contribution in [0.1, 0.15) is 29.6 Å². The van der Waals surface area contributed by atoms with Gasteiger partial charge in [0.15, 0.2) is 0 Å². The maximum atomic E-state index is 12.1. The van der Waals surface area contributed by atoms with Gasteiger partial charge in [0.05, 0.1) is 6.17 Å². The predicted molar refractivity (Wildman–Crippen MR) is 64.2 cm³/mol. The molecule has 86 valence electrons. The van der Waals surface area contributed by atoms with Crippen molar-refractivity contribution in [2.75, 3.05) is 13.6 Å². The van der Waals surface area contributed by atoms with Crippen molar-refractivity contribution in [1.82, 2.24) is 10.2 Å². The van der Waals surface area contributed by atoms with Gasteiger partial charge in [-0.3, -0.25) is 10.1 Å². The normalized spacial score (nSPS) is 20.4. The Balaban J connectivity index is 2.04. The molecule has 1 saturated heterocycles. The topological polar surface area (TPSA) is 32.3 Å². The molecule has 1 heterocycles. The van der Waals surface area contributed by atoms with E-state index < -0.39 is 0 Å². The molecule has 3 heteroatoms. The highest BCUT2D eigenvalue weighted by molar-refractivity contribution is 5.94. The van der Waals surface area contributed by atoms with E-state index in [2.05, 4.69) is 5.32 Å². The number of carbonyl (C=O) groups excluding carboxylic acids is 1. The predicted octanol–water partition coefficient (Wildman–Crippen LogP) is 1.86. The summed E-state index contributed by atoms with van der Waals surface area (Å²) in [7, 11) is 1.87. The van der Waals surface area contributed by atoms with Gasteiger partial charge in [-0.05, 0) is 37.9 Å². The van der Waals surface area contributed by atoms with E-state index in [1.54, 1.807) is 0 Å². The van der Waals surface area contributed by atoms with Gasteiger partial charge < -0.3 is 4.90 Å². The van der Waals surface area contributed by atoms with Gasteiger partial charge in [0.2, 0.25) is 0 Å². The van der Waals surface area contributed by atoms with Crippen molar-refractivity contribution in [2.45, 2.75) is 25.4 Å². The second kappa shape index (κ2) is 5.12. The Morgan fingerprint density at radius 1 is 1.31 bits per heavy atom. The monoisotopic (exact) mass is 218 g/mol. The molecule has 0 spiro atoms. The van der Waals surface area contributed by atoms with Crippen LogP contribution in [-0.2, 0) is 0 Å². The maximum Gasteiger partial charge on any atom is 0.254 e. The smallest absolute Gasteiger partial charge is 0.254 e. The van der Waals surface area contributed by atoms with Gasteiger partial charge >= 0.3 is 0 Å². The standard InChI is InChI=1S/C13H18N2O/c1-15(12-9-5-6-10-14-12)13(16)11-7-3-2-4-8-11/h2-4,7-8,12,14H,5-6,9-10H2,1H3. The molecule has 1 N–H and O–H groups in total.